The van der Waals surface area contributed by atoms with Gasteiger partial charge >= 0.3 is 0 Å². The number of nitrogens with one attached hydrogen (secondary N) is 1. The van der Waals surface area contributed by atoms with Crippen LogP contribution >= 0.6 is 11.8 Å². The smallest absolute Gasteiger partial charge is 0.250 e. The van der Waals surface area contributed by atoms with Crippen molar-refractivity contribution in [3.63, 3.8) is 0 Å². The molecule has 2 rings (SSSR count). The van der Waals surface area contributed by atoms with Crippen LogP contribution in [0.4, 0.5) is 0 Å². The first-order valence-corrected chi connectivity index (χ1v) is 8.95. The number of pyridine rings is 1. The van der Waals surface area contributed by atoms with Gasteiger partial charge in [-0.15, -0.1) is 11.8 Å². The molecule has 124 valence electrons. The first-order chi connectivity index (χ1) is 11.0. The van der Waals surface area contributed by atoms with E-state index in [1.54, 1.807) is 29.1 Å². The number of thioether (sulfide) groups is 1. The summed E-state index contributed by atoms with van der Waals surface area (Å²) in [5.74, 6) is 1.04. The summed E-state index contributed by atoms with van der Waals surface area (Å²) < 4.78 is 0. The summed E-state index contributed by atoms with van der Waals surface area (Å²) >= 11 is 1.61. The molecule has 0 saturated carbocycles. The largest absolute Gasteiger partial charge is 0.348 e. The number of hydrogen-bond donors (Lipinski definition) is 1. The van der Waals surface area contributed by atoms with E-state index in [9.17, 15) is 9.59 Å². The van der Waals surface area contributed by atoms with Crippen molar-refractivity contribution in [1.82, 2.24) is 15.2 Å². The molecule has 1 aromatic heterocycles. The van der Waals surface area contributed by atoms with E-state index in [0.717, 1.165) is 12.0 Å². The molecule has 5 nitrogen and oxygen atoms in total. The van der Waals surface area contributed by atoms with Crippen LogP contribution in [0.25, 0.3) is 0 Å². The van der Waals surface area contributed by atoms with Crippen LogP contribution in [-0.4, -0.2) is 39.4 Å². The molecule has 1 aliphatic rings. The molecule has 23 heavy (non-hydrogen) atoms. The van der Waals surface area contributed by atoms with E-state index in [4.69, 9.17) is 0 Å². The second-order valence-corrected chi connectivity index (χ2v) is 6.60. The van der Waals surface area contributed by atoms with Crippen molar-refractivity contribution in [3.8, 4) is 0 Å². The fraction of sp³-hybridized carbons (Fsp3) is 0.471. The van der Waals surface area contributed by atoms with Crippen LogP contribution in [0.1, 0.15) is 38.8 Å². The lowest BCUT2D eigenvalue weighted by Gasteiger charge is -2.25. The molecule has 0 radical (unpaired) electrons. The van der Waals surface area contributed by atoms with Crippen LogP contribution in [-0.2, 0) is 9.59 Å². The molecular weight excluding hydrogens is 310 g/mol. The van der Waals surface area contributed by atoms with Gasteiger partial charge in [0.15, 0.2) is 0 Å². The Kier molecular flexibility index (Phi) is 6.21. The minimum Gasteiger partial charge on any atom is -0.348 e. The predicted octanol–water partition coefficient (Wildman–Crippen LogP) is 2.52. The van der Waals surface area contributed by atoms with Gasteiger partial charge in [0.05, 0.1) is 11.9 Å². The molecule has 0 aromatic carbocycles. The van der Waals surface area contributed by atoms with Gasteiger partial charge in [-0.3, -0.25) is 14.6 Å². The highest BCUT2D eigenvalue weighted by atomic mass is 32.2. The maximum absolute atomic E-state index is 12.6. The zero-order chi connectivity index (χ0) is 16.8. The highest BCUT2D eigenvalue weighted by Crippen LogP contribution is 2.24. The zero-order valence-corrected chi connectivity index (χ0v) is 14.6. The lowest BCUT2D eigenvalue weighted by Crippen LogP contribution is -2.48. The third kappa shape index (κ3) is 4.34. The molecule has 1 aromatic rings. The lowest BCUT2D eigenvalue weighted by atomic mass is 10.1. The molecule has 0 bridgehead atoms. The van der Waals surface area contributed by atoms with Crippen molar-refractivity contribution < 1.29 is 9.59 Å². The Bertz CT molecular complexity index is 589. The van der Waals surface area contributed by atoms with Crippen LogP contribution in [0.3, 0.4) is 0 Å². The first kappa shape index (κ1) is 17.5. The molecule has 0 spiro atoms. The normalized spacial score (nSPS) is 19.5. The fourth-order valence-corrected chi connectivity index (χ4v) is 3.66. The van der Waals surface area contributed by atoms with E-state index in [-0.39, 0.29) is 17.9 Å². The molecular formula is C17H23N3O2S. The van der Waals surface area contributed by atoms with Gasteiger partial charge in [-0.2, -0.15) is 0 Å². The van der Waals surface area contributed by atoms with Crippen LogP contribution in [0, 0.1) is 0 Å². The van der Waals surface area contributed by atoms with Crippen molar-refractivity contribution >= 4 is 23.6 Å². The maximum atomic E-state index is 12.6. The number of hydrogen-bond acceptors (Lipinski definition) is 4. The lowest BCUT2D eigenvalue weighted by molar-refractivity contribution is -0.135. The third-order valence-electron chi connectivity index (χ3n) is 3.84. The second-order valence-electron chi connectivity index (χ2n) is 5.60. The van der Waals surface area contributed by atoms with E-state index < -0.39 is 6.04 Å². The highest BCUT2D eigenvalue weighted by Gasteiger charge is 2.35. The Morgan fingerprint density at radius 3 is 3.00 bits per heavy atom. The van der Waals surface area contributed by atoms with Crippen molar-refractivity contribution in [3.05, 3.63) is 41.7 Å². The molecule has 1 saturated heterocycles. The highest BCUT2D eigenvalue weighted by molar-refractivity contribution is 7.99. The summed E-state index contributed by atoms with van der Waals surface area (Å²) in [5, 5.41) is 2.99. The summed E-state index contributed by atoms with van der Waals surface area (Å²) in [4.78, 5) is 30.8. The maximum Gasteiger partial charge on any atom is 0.250 e. The Hall–Kier alpha value is -1.82. The standard InChI is InChI=1S/C17H23N3O2S/c1-4-6-12(2)17(22)20-11-23-10-15(20)16(21)19-13(3)14-7-5-8-18-9-14/h5-9,13,15H,4,10-11H2,1-3H3,(H,19,21)/b12-6+/t13-,15-/m1/s1. The molecule has 1 aliphatic heterocycles. The molecule has 6 heteroatoms. The number of amides is 2. The van der Waals surface area contributed by atoms with Crippen molar-refractivity contribution in [2.24, 2.45) is 0 Å². The van der Waals surface area contributed by atoms with Crippen molar-refractivity contribution in [2.75, 3.05) is 11.6 Å². The molecule has 1 N–H and O–H groups in total. The number of carbonyl (C=O) groups excluding carboxylic acids is 2. The number of carbonyl (C=O) groups is 2. The van der Waals surface area contributed by atoms with E-state index >= 15 is 0 Å². The predicted molar refractivity (Wildman–Crippen MR) is 92.8 cm³/mol. The van der Waals surface area contributed by atoms with Gasteiger partial charge in [0.2, 0.25) is 5.91 Å². The number of rotatable bonds is 5. The van der Waals surface area contributed by atoms with Gasteiger partial charge in [0, 0.05) is 23.7 Å². The monoisotopic (exact) mass is 333 g/mol. The number of aromatic nitrogens is 1. The minimum atomic E-state index is -0.410. The molecule has 0 aliphatic carbocycles. The minimum absolute atomic E-state index is 0.0500. The van der Waals surface area contributed by atoms with Crippen molar-refractivity contribution in [2.45, 2.75) is 39.3 Å². The fourth-order valence-electron chi connectivity index (χ4n) is 2.51. The second kappa shape index (κ2) is 8.15. The Balaban J connectivity index is 2.03. The molecule has 0 unspecified atom stereocenters. The third-order valence-corrected chi connectivity index (χ3v) is 4.85. The van der Waals surface area contributed by atoms with Gasteiger partial charge in [0.1, 0.15) is 6.04 Å². The molecule has 1 fully saturated rings. The number of nitrogens with zero attached hydrogens (tertiary/aromatic N) is 2. The average Bonchev–Trinajstić information content (AvgIpc) is 3.04. The van der Waals surface area contributed by atoms with Gasteiger partial charge < -0.3 is 10.2 Å². The van der Waals surface area contributed by atoms with Gasteiger partial charge in [0.25, 0.3) is 5.91 Å². The summed E-state index contributed by atoms with van der Waals surface area (Å²) in [6.45, 7) is 5.72. The van der Waals surface area contributed by atoms with Gasteiger partial charge in [-0.05, 0) is 31.9 Å². The van der Waals surface area contributed by atoms with Gasteiger partial charge in [-0.1, -0.05) is 19.1 Å². The van der Waals surface area contributed by atoms with Crippen LogP contribution in [0.5, 0.6) is 0 Å². The van der Waals surface area contributed by atoms with E-state index in [1.165, 1.54) is 0 Å². The quantitative estimate of drug-likeness (QED) is 0.841. The van der Waals surface area contributed by atoms with Crippen molar-refractivity contribution in [1.29, 1.82) is 0 Å². The Labute approximate surface area is 141 Å². The summed E-state index contributed by atoms with van der Waals surface area (Å²) in [6, 6.07) is 3.23. The topological polar surface area (TPSA) is 62.3 Å². The van der Waals surface area contributed by atoms with E-state index in [0.29, 0.717) is 17.2 Å². The SMILES string of the molecule is CC/C=C(\C)C(=O)N1CSC[C@@H]1C(=O)N[C@H](C)c1cccnc1. The molecule has 2 amide bonds. The zero-order valence-electron chi connectivity index (χ0n) is 13.8. The van der Waals surface area contributed by atoms with E-state index in [2.05, 4.69) is 10.3 Å². The summed E-state index contributed by atoms with van der Waals surface area (Å²) in [7, 11) is 0. The molecule has 2 atom stereocenters. The number of allylic oxidation sites excluding steroid dienone is 1. The first-order valence-electron chi connectivity index (χ1n) is 7.80. The average molecular weight is 333 g/mol. The molecule has 2 heterocycles. The summed E-state index contributed by atoms with van der Waals surface area (Å²) in [6.07, 6.45) is 6.16. The van der Waals surface area contributed by atoms with Crippen LogP contribution in [0.2, 0.25) is 0 Å². The van der Waals surface area contributed by atoms with Crippen LogP contribution in [0.15, 0.2) is 36.2 Å². The van der Waals surface area contributed by atoms with Gasteiger partial charge in [-0.25, -0.2) is 0 Å². The van der Waals surface area contributed by atoms with E-state index in [1.807, 2.05) is 39.0 Å². The summed E-state index contributed by atoms with van der Waals surface area (Å²) in [5.41, 5.74) is 1.65. The Morgan fingerprint density at radius 1 is 1.57 bits per heavy atom. The Morgan fingerprint density at radius 2 is 2.35 bits per heavy atom. The van der Waals surface area contributed by atoms with Crippen LogP contribution < -0.4 is 5.32 Å².